The molecule has 5 aliphatic heterocycles. The second-order valence-corrected chi connectivity index (χ2v) is 27.9. The highest BCUT2D eigenvalue weighted by Crippen LogP contribution is 2.45. The number of carbonyl (C=O) groups is 11. The molecule has 648 valence electrons. The maximum atomic E-state index is 14.7. The van der Waals surface area contributed by atoms with Gasteiger partial charge in [0.25, 0.3) is 11.8 Å². The first-order valence-corrected chi connectivity index (χ1v) is 37.9. The number of nitro benzene ring substituents is 1. The number of ether oxygens (including phenoxy) is 16. The molecule has 0 aromatic heterocycles. The van der Waals surface area contributed by atoms with Crippen molar-refractivity contribution in [2.75, 3.05) is 75.6 Å². The lowest BCUT2D eigenvalue weighted by Crippen LogP contribution is -2.64. The molecule has 0 bridgehead atoms. The molecule has 39 heteroatoms. The van der Waals surface area contributed by atoms with Gasteiger partial charge in [-0.3, -0.25) is 29.3 Å². The molecule has 0 radical (unpaired) electrons. The Balaban J connectivity index is 0.877. The van der Waals surface area contributed by atoms with Gasteiger partial charge in [-0.2, -0.15) is 0 Å². The molecule has 121 heavy (non-hydrogen) atoms. The van der Waals surface area contributed by atoms with Gasteiger partial charge in [0.1, 0.15) is 58.3 Å². The number of methoxy groups -OCH3 is 2. The molecule has 5 heterocycles. The van der Waals surface area contributed by atoms with Gasteiger partial charge in [-0.25, -0.2) is 43.4 Å². The van der Waals surface area contributed by atoms with E-state index in [1.165, 1.54) is 79.6 Å². The predicted octanol–water partition coefficient (Wildman–Crippen LogP) is 9.76. The van der Waals surface area contributed by atoms with Crippen molar-refractivity contribution in [2.45, 2.75) is 147 Å². The molecule has 0 unspecified atom stereocenters. The molecule has 11 atom stereocenters. The van der Waals surface area contributed by atoms with Gasteiger partial charge in [-0.15, -0.1) is 0 Å². The Hall–Kier alpha value is -13.7. The number of aliphatic hydroxyl groups is 2. The van der Waals surface area contributed by atoms with Gasteiger partial charge >= 0.3 is 48.4 Å². The molecule has 9 rings (SSSR count). The summed E-state index contributed by atoms with van der Waals surface area (Å²) in [5.41, 5.74) is 0.892. The molecule has 39 nitrogen and oxygen atoms in total. The Morgan fingerprint density at radius 1 is 0.562 bits per heavy atom. The first kappa shape index (κ1) is 91.2. The minimum Gasteiger partial charge on any atom is -0.493 e. The van der Waals surface area contributed by atoms with E-state index in [2.05, 4.69) is 48.8 Å². The summed E-state index contributed by atoms with van der Waals surface area (Å²) in [6.45, 7) is 22.8. The quantitative estimate of drug-likeness (QED) is 0.00700. The second-order valence-electron chi connectivity index (χ2n) is 27.9. The Morgan fingerprint density at radius 2 is 1.02 bits per heavy atom. The minimum atomic E-state index is -2.23. The zero-order valence-corrected chi connectivity index (χ0v) is 67.2. The molecule has 0 spiro atoms. The molecule has 5 aliphatic rings. The number of esters is 1. The number of rotatable bonds is 37. The second kappa shape index (κ2) is 42.6. The Labute approximate surface area is 693 Å². The third-order valence-corrected chi connectivity index (χ3v) is 18.9. The van der Waals surface area contributed by atoms with E-state index in [0.29, 0.717) is 36.1 Å². The third-order valence-electron chi connectivity index (χ3n) is 18.9. The summed E-state index contributed by atoms with van der Waals surface area (Å²) in [6.07, 6.45) is -11.3. The molecular formula is C82H94N8O31. The van der Waals surface area contributed by atoms with Crippen LogP contribution in [0.15, 0.2) is 154 Å². The molecular weight excluding hydrogens is 1590 g/mol. The maximum absolute atomic E-state index is 14.7. The Bertz CT molecular complexity index is 4640. The van der Waals surface area contributed by atoms with E-state index in [1.807, 2.05) is 0 Å². The molecule has 1 fully saturated rings. The van der Waals surface area contributed by atoms with Gasteiger partial charge in [0, 0.05) is 36.3 Å². The Morgan fingerprint density at radius 3 is 1.50 bits per heavy atom. The molecule has 0 aliphatic carbocycles. The fourth-order valence-electron chi connectivity index (χ4n) is 13.1. The summed E-state index contributed by atoms with van der Waals surface area (Å²) in [4.78, 5) is 166. The zero-order chi connectivity index (χ0) is 87.9. The minimum absolute atomic E-state index is 0.000875. The first-order valence-electron chi connectivity index (χ1n) is 37.9. The van der Waals surface area contributed by atoms with Gasteiger partial charge < -0.3 is 112 Å². The third kappa shape index (κ3) is 22.8. The molecule has 4 aromatic rings. The smallest absolute Gasteiger partial charge is 0.493 e. The monoisotopic (exact) mass is 1690 g/mol. The summed E-state index contributed by atoms with van der Waals surface area (Å²) < 4.78 is 89.0. The largest absolute Gasteiger partial charge is 0.509 e. The number of carbonyl (C=O) groups excluding carboxylic acids is 11. The molecule has 1 saturated heterocycles. The van der Waals surface area contributed by atoms with Gasteiger partial charge in [0.15, 0.2) is 59.5 Å². The van der Waals surface area contributed by atoms with Crippen LogP contribution in [-0.2, 0) is 79.7 Å². The van der Waals surface area contributed by atoms with Crippen molar-refractivity contribution in [2.24, 2.45) is 5.92 Å². The zero-order valence-electron chi connectivity index (χ0n) is 67.2. The normalized spacial score (nSPS) is 19.8. The van der Waals surface area contributed by atoms with E-state index in [9.17, 15) is 73.1 Å². The van der Waals surface area contributed by atoms with Crippen LogP contribution in [0.3, 0.4) is 0 Å². The van der Waals surface area contributed by atoms with Crippen LogP contribution >= 0.6 is 0 Å². The van der Waals surface area contributed by atoms with Crippen LogP contribution in [0.5, 0.6) is 28.7 Å². The highest BCUT2D eigenvalue weighted by molar-refractivity contribution is 6.08. The van der Waals surface area contributed by atoms with Gasteiger partial charge in [-0.1, -0.05) is 106 Å². The van der Waals surface area contributed by atoms with Crippen molar-refractivity contribution in [3.05, 3.63) is 186 Å². The highest BCUT2D eigenvalue weighted by Gasteiger charge is 2.58. The average Bonchev–Trinajstić information content (AvgIpc) is 1.65. The molecule has 5 N–H and O–H groups in total. The lowest BCUT2D eigenvalue weighted by Gasteiger charge is -2.42. The van der Waals surface area contributed by atoms with Crippen molar-refractivity contribution >= 4 is 89.1 Å². The van der Waals surface area contributed by atoms with E-state index in [0.717, 1.165) is 45.7 Å². The number of anilines is 3. The predicted molar refractivity (Wildman–Crippen MR) is 424 cm³/mol. The fourth-order valence-corrected chi connectivity index (χ4v) is 13.1. The number of fused-ring (bicyclic) bond motifs is 4. The standard InChI is InChI=1S/C82H94N8O31/c1-13-27-110-75(97)67-65(119-80(101)112-29-15-3)66(120-81(102)113-30-16-4)68(121-82(103)114-31-17-5)76(118-67)117-59-26-23-50(36-56(59)90(104)105)44-116-79(100)89-55-40-63(61(107-12)38-53(55)72(94)87-42-47(9)35-58(87)74(89)96)109-33-20-18-19-32-108-62-39-54-52(37-60(62)106-11)71(93)86-41-46(8)34-57(86)73(95)88(54)78(99)115-43-49-21-24-51(25-22-49)84-69(91)48(10)83-70(92)64(45(6)7)85-77(98)111-28-14-2/h13-17,21-26,36-42,45,48,57-58,64-68,73-74,76,95-96H,1-5,18-20,27-35,43-44H2,6-12H3,(H,83,92)(H,84,91)(H,85,98)/t48-,57-,58-,64-,65-,66-,67-,68+,73-,74-,76+/m0/s1. The number of hydrogen-bond acceptors (Lipinski definition) is 31. The van der Waals surface area contributed by atoms with Crippen LogP contribution in [0.1, 0.15) is 98.6 Å². The van der Waals surface area contributed by atoms with E-state index < -0.39 is 183 Å². The summed E-state index contributed by atoms with van der Waals surface area (Å²) in [5.74, 6) is -4.44. The van der Waals surface area contributed by atoms with Crippen LogP contribution in [0.4, 0.5) is 51.5 Å². The SMILES string of the molecule is C=CCOC(=O)N[C@H](C(=O)N[C@@H](C)C(=O)Nc1ccc(COC(=O)N2c3cc(OCCCCCOc4cc5c(cc4OC)C(=O)N4C=C(C)C[C@H]4[C@H](O)N5C(=O)OCc4ccc(O[C@@H]5O[C@H](C(=O)OCC=C)[C@@H](OC(=O)OCC=C)[C@H](OC(=O)OCC=C)[C@H]5OC(=O)OCC=C)c([N+](=O)[O-])c4)c(OC)cc3C(=O)N3C=C(C)C[C@H]3[C@@H]2O)cc1)C(C)C. The number of aliphatic hydroxyl groups excluding tert-OH is 2. The summed E-state index contributed by atoms with van der Waals surface area (Å²) in [7, 11) is 2.69. The summed E-state index contributed by atoms with van der Waals surface area (Å²) in [6, 6.07) is 10.8. The van der Waals surface area contributed by atoms with Crippen molar-refractivity contribution in [1.82, 2.24) is 20.4 Å². The lowest BCUT2D eigenvalue weighted by molar-refractivity contribution is -0.387. The number of amides is 7. The van der Waals surface area contributed by atoms with Crippen molar-refractivity contribution in [1.29, 1.82) is 0 Å². The van der Waals surface area contributed by atoms with Crippen molar-refractivity contribution < 1.29 is 144 Å². The van der Waals surface area contributed by atoms with Crippen LogP contribution in [0.25, 0.3) is 0 Å². The number of nitro groups is 1. The number of alkyl carbamates (subject to hydrolysis) is 1. The molecule has 4 aromatic carbocycles. The fraction of sp³-hybridized carbons (Fsp3) is 0.402. The van der Waals surface area contributed by atoms with Crippen LogP contribution < -0.4 is 49.4 Å². The van der Waals surface area contributed by atoms with Crippen LogP contribution in [-0.4, -0.2) is 219 Å². The number of nitrogens with one attached hydrogen (secondary N) is 3. The highest BCUT2D eigenvalue weighted by atomic mass is 16.8. The molecule has 7 amide bonds. The van der Waals surface area contributed by atoms with Crippen molar-refractivity contribution in [3.63, 3.8) is 0 Å². The summed E-state index contributed by atoms with van der Waals surface area (Å²) in [5, 5.41) is 45.1. The van der Waals surface area contributed by atoms with E-state index in [-0.39, 0.29) is 96.3 Å². The van der Waals surface area contributed by atoms with E-state index in [4.69, 9.17) is 75.8 Å². The van der Waals surface area contributed by atoms with Gasteiger partial charge in [0.05, 0.1) is 66.9 Å². The number of benzene rings is 4. The number of nitrogens with zero attached hydrogens (tertiary/aromatic N) is 5. The van der Waals surface area contributed by atoms with Crippen molar-refractivity contribution in [3.8, 4) is 28.7 Å². The van der Waals surface area contributed by atoms with E-state index >= 15 is 0 Å². The first-order chi connectivity index (χ1) is 58.0. The van der Waals surface area contributed by atoms with E-state index in [1.54, 1.807) is 58.2 Å². The Kier molecular flexibility index (Phi) is 32.1. The molecule has 0 saturated carbocycles. The van der Waals surface area contributed by atoms with Crippen LogP contribution in [0, 0.1) is 16.0 Å². The maximum Gasteiger partial charge on any atom is 0.509 e. The topological polar surface area (TPSA) is 468 Å². The summed E-state index contributed by atoms with van der Waals surface area (Å²) >= 11 is 0. The lowest BCUT2D eigenvalue weighted by atomic mass is 9.98. The number of unbranched alkanes of at least 4 members (excludes halogenated alkanes) is 2. The number of hydrogen-bond donors (Lipinski definition) is 5. The average molecular weight is 1690 g/mol. The van der Waals surface area contributed by atoms with Crippen LogP contribution in [0.2, 0.25) is 0 Å². The van der Waals surface area contributed by atoms with Gasteiger partial charge in [0.2, 0.25) is 24.2 Å². The van der Waals surface area contributed by atoms with Gasteiger partial charge in [-0.05, 0) is 100 Å².